The monoisotopic (exact) mass is 377 g/mol. The van der Waals surface area contributed by atoms with E-state index in [1.54, 1.807) is 33.2 Å². The van der Waals surface area contributed by atoms with Gasteiger partial charge in [0.25, 0.3) is 11.2 Å². The van der Waals surface area contributed by atoms with Crippen molar-refractivity contribution in [2.24, 2.45) is 13.0 Å². The highest BCUT2D eigenvalue weighted by Crippen LogP contribution is 2.19. The average molecular weight is 377 g/mol. The first-order chi connectivity index (χ1) is 12.7. The molecule has 1 amide bonds. The van der Waals surface area contributed by atoms with E-state index in [1.165, 1.54) is 16.7 Å². The van der Waals surface area contributed by atoms with E-state index in [9.17, 15) is 19.7 Å². The Morgan fingerprint density at radius 3 is 2.37 bits per heavy atom. The summed E-state index contributed by atoms with van der Waals surface area (Å²) in [6.07, 6.45) is 2.06. The number of non-ortho nitro benzene ring substituents is 1. The van der Waals surface area contributed by atoms with Gasteiger partial charge in [-0.25, -0.2) is 0 Å². The largest absolute Gasteiger partial charge is 0.359 e. The van der Waals surface area contributed by atoms with E-state index in [2.05, 4.69) is 12.2 Å². The standard InChI is InChI=1S/C11H10N2O3.C7H15NO.C2H6/c1-7-5-8-6-9(13(15)16)3-4-10(8)12(2)11(7)14;1-4-5-6(2)7(9)8-3;1-2/h3-6H,1-2H3;6H,4-5H2,1-3H3,(H,8,9);1-2H3. The lowest BCUT2D eigenvalue weighted by molar-refractivity contribution is -0.384. The maximum Gasteiger partial charge on any atom is 0.270 e. The zero-order chi connectivity index (χ0) is 21.1. The molecule has 0 bridgehead atoms. The Labute approximate surface area is 160 Å². The first-order valence-electron chi connectivity index (χ1n) is 9.19. The number of nitrogens with zero attached hydrogens (tertiary/aromatic N) is 2. The Hall–Kier alpha value is -2.70. The molecule has 0 radical (unpaired) electrons. The summed E-state index contributed by atoms with van der Waals surface area (Å²) in [4.78, 5) is 32.6. The smallest absolute Gasteiger partial charge is 0.270 e. The van der Waals surface area contributed by atoms with Crippen molar-refractivity contribution in [3.05, 3.63) is 50.3 Å². The van der Waals surface area contributed by atoms with E-state index >= 15 is 0 Å². The van der Waals surface area contributed by atoms with E-state index in [-0.39, 0.29) is 23.1 Å². The van der Waals surface area contributed by atoms with E-state index in [0.29, 0.717) is 16.5 Å². The fourth-order valence-corrected chi connectivity index (χ4v) is 2.56. The zero-order valence-electron chi connectivity index (χ0n) is 17.3. The second kappa shape index (κ2) is 11.8. The average Bonchev–Trinajstić information content (AvgIpc) is 2.67. The van der Waals surface area contributed by atoms with Gasteiger partial charge in [-0.05, 0) is 25.5 Å². The van der Waals surface area contributed by atoms with Gasteiger partial charge in [-0.3, -0.25) is 19.7 Å². The van der Waals surface area contributed by atoms with Crippen molar-refractivity contribution in [3.63, 3.8) is 0 Å². The van der Waals surface area contributed by atoms with Crippen LogP contribution in [0.25, 0.3) is 10.9 Å². The molecule has 1 heterocycles. The summed E-state index contributed by atoms with van der Waals surface area (Å²) >= 11 is 0. The van der Waals surface area contributed by atoms with Gasteiger partial charge in [0.2, 0.25) is 5.91 Å². The van der Waals surface area contributed by atoms with Crippen molar-refractivity contribution in [1.82, 2.24) is 9.88 Å². The van der Waals surface area contributed by atoms with Crippen LogP contribution in [0.3, 0.4) is 0 Å². The number of pyridine rings is 1. The molecule has 1 aromatic carbocycles. The van der Waals surface area contributed by atoms with Crippen LogP contribution in [0.2, 0.25) is 0 Å². The van der Waals surface area contributed by atoms with Crippen molar-refractivity contribution in [2.75, 3.05) is 7.05 Å². The number of benzene rings is 1. The molecule has 7 heteroatoms. The van der Waals surface area contributed by atoms with Crippen molar-refractivity contribution in [1.29, 1.82) is 0 Å². The number of aryl methyl sites for hydroxylation is 2. The molecule has 1 atom stereocenters. The number of hydrogen-bond acceptors (Lipinski definition) is 4. The van der Waals surface area contributed by atoms with Crippen LogP contribution in [0.4, 0.5) is 5.69 Å². The van der Waals surface area contributed by atoms with Gasteiger partial charge in [-0.15, -0.1) is 0 Å². The molecule has 0 aliphatic rings. The molecule has 0 aliphatic heterocycles. The van der Waals surface area contributed by atoms with E-state index in [0.717, 1.165) is 12.8 Å². The van der Waals surface area contributed by atoms with Crippen LogP contribution in [0, 0.1) is 23.0 Å². The lowest BCUT2D eigenvalue weighted by atomic mass is 10.1. The molecule has 0 saturated carbocycles. The molecule has 0 aliphatic carbocycles. The maximum atomic E-state index is 11.6. The molecule has 150 valence electrons. The highest BCUT2D eigenvalue weighted by Gasteiger charge is 2.09. The SMILES string of the molecule is CC.CCCC(C)C(=O)NC.Cc1cc2cc([N+](=O)[O-])ccc2n(C)c1=O. The Morgan fingerprint density at radius 1 is 1.30 bits per heavy atom. The number of amides is 1. The van der Waals surface area contributed by atoms with Gasteiger partial charge < -0.3 is 9.88 Å². The number of carbonyl (C=O) groups is 1. The third-order valence-corrected chi connectivity index (χ3v) is 4.01. The summed E-state index contributed by atoms with van der Waals surface area (Å²) in [5, 5.41) is 13.9. The first kappa shape index (κ1) is 24.3. The molecular weight excluding hydrogens is 346 g/mol. The minimum atomic E-state index is -0.445. The van der Waals surface area contributed by atoms with Gasteiger partial charge in [0.15, 0.2) is 0 Å². The first-order valence-corrected chi connectivity index (χ1v) is 9.19. The number of nitro groups is 1. The number of nitrogens with one attached hydrogen (secondary N) is 1. The molecule has 7 nitrogen and oxygen atoms in total. The Morgan fingerprint density at radius 2 is 1.89 bits per heavy atom. The van der Waals surface area contributed by atoms with Crippen molar-refractivity contribution < 1.29 is 9.72 Å². The summed E-state index contributed by atoms with van der Waals surface area (Å²) in [5.41, 5.74) is 1.23. The Bertz CT molecular complexity index is 828. The normalized spacial score (nSPS) is 10.8. The van der Waals surface area contributed by atoms with Gasteiger partial charge in [0.1, 0.15) is 0 Å². The van der Waals surface area contributed by atoms with Gasteiger partial charge in [-0.1, -0.05) is 34.1 Å². The second-order valence-corrected chi connectivity index (χ2v) is 6.00. The fraction of sp³-hybridized carbons (Fsp3) is 0.500. The number of nitro benzene ring substituents is 1. The molecule has 27 heavy (non-hydrogen) atoms. The Kier molecular flexibility index (Phi) is 10.6. The molecule has 1 N–H and O–H groups in total. The van der Waals surface area contributed by atoms with Gasteiger partial charge in [0.05, 0.1) is 10.4 Å². The van der Waals surface area contributed by atoms with Crippen LogP contribution in [0.5, 0.6) is 0 Å². The Balaban J connectivity index is 0.000000528. The predicted octanol–water partition coefficient (Wildman–Crippen LogP) is 3.95. The van der Waals surface area contributed by atoms with E-state index < -0.39 is 4.92 Å². The lowest BCUT2D eigenvalue weighted by Crippen LogP contribution is -2.24. The quantitative estimate of drug-likeness (QED) is 0.645. The van der Waals surface area contributed by atoms with Crippen LogP contribution in [-0.4, -0.2) is 22.4 Å². The molecule has 0 saturated heterocycles. The molecule has 2 aromatic rings. The third-order valence-electron chi connectivity index (χ3n) is 4.01. The van der Waals surface area contributed by atoms with Gasteiger partial charge in [-0.2, -0.15) is 0 Å². The third kappa shape index (κ3) is 6.84. The molecule has 0 fully saturated rings. The zero-order valence-corrected chi connectivity index (χ0v) is 17.3. The number of aromatic nitrogens is 1. The molecular formula is C20H31N3O4. The topological polar surface area (TPSA) is 94.2 Å². The molecule has 2 rings (SSSR count). The summed E-state index contributed by atoms with van der Waals surface area (Å²) in [6.45, 7) is 9.72. The minimum absolute atomic E-state index is 0.0329. The number of hydrogen-bond donors (Lipinski definition) is 1. The highest BCUT2D eigenvalue weighted by molar-refractivity contribution is 5.82. The number of rotatable bonds is 4. The highest BCUT2D eigenvalue weighted by atomic mass is 16.6. The van der Waals surface area contributed by atoms with Crippen LogP contribution in [0.15, 0.2) is 29.1 Å². The van der Waals surface area contributed by atoms with Crippen molar-refractivity contribution in [2.45, 2.75) is 47.5 Å². The fourth-order valence-electron chi connectivity index (χ4n) is 2.56. The predicted molar refractivity (Wildman–Crippen MR) is 110 cm³/mol. The maximum absolute atomic E-state index is 11.6. The summed E-state index contributed by atoms with van der Waals surface area (Å²) in [5.74, 6) is 0.330. The van der Waals surface area contributed by atoms with Crippen molar-refractivity contribution in [3.8, 4) is 0 Å². The summed E-state index contributed by atoms with van der Waals surface area (Å²) < 4.78 is 1.49. The number of carbonyl (C=O) groups excluding carboxylic acids is 1. The van der Waals surface area contributed by atoms with Gasteiger partial charge >= 0.3 is 0 Å². The van der Waals surface area contributed by atoms with Crippen LogP contribution >= 0.6 is 0 Å². The van der Waals surface area contributed by atoms with E-state index in [1.807, 2.05) is 20.8 Å². The number of fused-ring (bicyclic) bond motifs is 1. The van der Waals surface area contributed by atoms with Crippen molar-refractivity contribution >= 4 is 22.5 Å². The molecule has 0 spiro atoms. The van der Waals surface area contributed by atoms with E-state index in [4.69, 9.17) is 0 Å². The van der Waals surface area contributed by atoms with Crippen LogP contribution in [-0.2, 0) is 11.8 Å². The van der Waals surface area contributed by atoms with Crippen LogP contribution < -0.4 is 10.9 Å². The minimum Gasteiger partial charge on any atom is -0.359 e. The lowest BCUT2D eigenvalue weighted by Gasteiger charge is -2.06. The summed E-state index contributed by atoms with van der Waals surface area (Å²) in [6, 6.07) is 6.14. The second-order valence-electron chi connectivity index (χ2n) is 6.00. The molecule has 1 aromatic heterocycles. The summed E-state index contributed by atoms with van der Waals surface area (Å²) in [7, 11) is 3.33. The van der Waals surface area contributed by atoms with Gasteiger partial charge in [0, 0.05) is 43.1 Å². The molecule has 1 unspecified atom stereocenters. The van der Waals surface area contributed by atoms with Crippen LogP contribution in [0.1, 0.15) is 46.1 Å².